The third kappa shape index (κ3) is 3.75. The SMILES string of the molecule is CCC(C)n1nccc1NC(=O)COc1ccccc1O. The third-order valence-corrected chi connectivity index (χ3v) is 3.17. The lowest BCUT2D eigenvalue weighted by Gasteiger charge is -2.14. The molecule has 6 nitrogen and oxygen atoms in total. The highest BCUT2D eigenvalue weighted by Crippen LogP contribution is 2.24. The molecule has 2 aromatic rings. The van der Waals surface area contributed by atoms with Gasteiger partial charge < -0.3 is 15.2 Å². The van der Waals surface area contributed by atoms with E-state index in [9.17, 15) is 9.90 Å². The first-order chi connectivity index (χ1) is 10.1. The van der Waals surface area contributed by atoms with Gasteiger partial charge in [0.15, 0.2) is 18.1 Å². The Morgan fingerprint density at radius 1 is 1.43 bits per heavy atom. The molecule has 0 fully saturated rings. The average molecular weight is 289 g/mol. The van der Waals surface area contributed by atoms with Gasteiger partial charge in [0, 0.05) is 6.07 Å². The summed E-state index contributed by atoms with van der Waals surface area (Å²) in [5.41, 5.74) is 0. The lowest BCUT2D eigenvalue weighted by Crippen LogP contribution is -2.22. The van der Waals surface area contributed by atoms with Gasteiger partial charge in [0.25, 0.3) is 5.91 Å². The van der Waals surface area contributed by atoms with Crippen LogP contribution in [-0.4, -0.2) is 27.4 Å². The lowest BCUT2D eigenvalue weighted by molar-refractivity contribution is -0.118. The largest absolute Gasteiger partial charge is 0.504 e. The van der Waals surface area contributed by atoms with Crippen LogP contribution in [0.15, 0.2) is 36.5 Å². The van der Waals surface area contributed by atoms with Crippen molar-refractivity contribution in [3.8, 4) is 11.5 Å². The minimum Gasteiger partial charge on any atom is -0.504 e. The number of aromatic nitrogens is 2. The molecular formula is C15H19N3O3. The molecule has 112 valence electrons. The number of nitrogens with zero attached hydrogens (tertiary/aromatic N) is 2. The van der Waals surface area contributed by atoms with Crippen LogP contribution in [0.3, 0.4) is 0 Å². The third-order valence-electron chi connectivity index (χ3n) is 3.17. The summed E-state index contributed by atoms with van der Waals surface area (Å²) in [7, 11) is 0. The van der Waals surface area contributed by atoms with Crippen LogP contribution in [0.2, 0.25) is 0 Å². The fourth-order valence-corrected chi connectivity index (χ4v) is 1.84. The number of nitrogens with one attached hydrogen (secondary N) is 1. The Kier molecular flexibility index (Phi) is 4.81. The summed E-state index contributed by atoms with van der Waals surface area (Å²) < 4.78 is 7.04. The molecule has 0 spiro atoms. The van der Waals surface area contributed by atoms with Gasteiger partial charge in [-0.2, -0.15) is 5.10 Å². The first-order valence-electron chi connectivity index (χ1n) is 6.86. The molecule has 0 aliphatic heterocycles. The van der Waals surface area contributed by atoms with Crippen LogP contribution in [-0.2, 0) is 4.79 Å². The Bertz CT molecular complexity index is 610. The number of benzene rings is 1. The predicted octanol–water partition coefficient (Wildman–Crippen LogP) is 2.58. The first-order valence-corrected chi connectivity index (χ1v) is 6.86. The number of carbonyl (C=O) groups is 1. The van der Waals surface area contributed by atoms with Crippen molar-refractivity contribution in [2.45, 2.75) is 26.3 Å². The maximum Gasteiger partial charge on any atom is 0.263 e. The van der Waals surface area contributed by atoms with Gasteiger partial charge in [0.2, 0.25) is 0 Å². The highest BCUT2D eigenvalue weighted by molar-refractivity contribution is 5.91. The van der Waals surface area contributed by atoms with Crippen LogP contribution in [0.25, 0.3) is 0 Å². The number of anilines is 1. The molecule has 0 bridgehead atoms. The van der Waals surface area contributed by atoms with Crippen molar-refractivity contribution in [1.29, 1.82) is 0 Å². The van der Waals surface area contributed by atoms with Crippen molar-refractivity contribution in [1.82, 2.24) is 9.78 Å². The molecule has 1 aromatic carbocycles. The summed E-state index contributed by atoms with van der Waals surface area (Å²) in [4.78, 5) is 11.9. The van der Waals surface area contributed by atoms with Gasteiger partial charge in [-0.1, -0.05) is 19.1 Å². The topological polar surface area (TPSA) is 76.4 Å². The molecule has 1 aromatic heterocycles. The molecule has 0 aliphatic rings. The van der Waals surface area contributed by atoms with E-state index in [1.54, 1.807) is 35.1 Å². The van der Waals surface area contributed by atoms with E-state index < -0.39 is 0 Å². The van der Waals surface area contributed by atoms with E-state index in [0.717, 1.165) is 6.42 Å². The Hall–Kier alpha value is -2.50. The highest BCUT2D eigenvalue weighted by atomic mass is 16.5. The molecular weight excluding hydrogens is 270 g/mol. The fraction of sp³-hybridized carbons (Fsp3) is 0.333. The number of hydrogen-bond acceptors (Lipinski definition) is 4. The van der Waals surface area contributed by atoms with Crippen LogP contribution in [0.1, 0.15) is 26.3 Å². The summed E-state index contributed by atoms with van der Waals surface area (Å²) in [5.74, 6) is 0.622. The van der Waals surface area contributed by atoms with Crippen molar-refractivity contribution in [3.63, 3.8) is 0 Å². The van der Waals surface area contributed by atoms with Gasteiger partial charge >= 0.3 is 0 Å². The summed E-state index contributed by atoms with van der Waals surface area (Å²) in [6.45, 7) is 3.91. The minimum atomic E-state index is -0.302. The number of hydrogen-bond donors (Lipinski definition) is 2. The molecule has 0 radical (unpaired) electrons. The molecule has 0 saturated heterocycles. The Labute approximate surface area is 123 Å². The number of para-hydroxylation sites is 2. The Balaban J connectivity index is 1.94. The van der Waals surface area contributed by atoms with Gasteiger partial charge in [-0.3, -0.25) is 4.79 Å². The maximum absolute atomic E-state index is 11.9. The van der Waals surface area contributed by atoms with Crippen LogP contribution < -0.4 is 10.1 Å². The average Bonchev–Trinajstić information content (AvgIpc) is 2.93. The molecule has 1 atom stereocenters. The molecule has 6 heteroatoms. The Morgan fingerprint density at radius 2 is 2.19 bits per heavy atom. The van der Waals surface area contributed by atoms with E-state index in [4.69, 9.17) is 4.74 Å². The van der Waals surface area contributed by atoms with E-state index in [1.165, 1.54) is 6.07 Å². The molecule has 1 amide bonds. The van der Waals surface area contributed by atoms with E-state index in [2.05, 4.69) is 17.3 Å². The smallest absolute Gasteiger partial charge is 0.263 e. The van der Waals surface area contributed by atoms with Crippen molar-refractivity contribution in [3.05, 3.63) is 36.5 Å². The van der Waals surface area contributed by atoms with E-state index in [1.807, 2.05) is 6.92 Å². The second-order valence-corrected chi connectivity index (χ2v) is 4.72. The number of aromatic hydroxyl groups is 1. The lowest BCUT2D eigenvalue weighted by atomic mass is 10.3. The summed E-state index contributed by atoms with van der Waals surface area (Å²) >= 11 is 0. The second kappa shape index (κ2) is 6.78. The Morgan fingerprint density at radius 3 is 2.90 bits per heavy atom. The number of carbonyl (C=O) groups excluding carboxylic acids is 1. The van der Waals surface area contributed by atoms with Gasteiger partial charge in [-0.25, -0.2) is 4.68 Å². The number of phenolic OH excluding ortho intramolecular Hbond substituents is 1. The van der Waals surface area contributed by atoms with Crippen molar-refractivity contribution in [2.24, 2.45) is 0 Å². The first kappa shape index (κ1) is 14.9. The number of ether oxygens (including phenoxy) is 1. The maximum atomic E-state index is 11.9. The molecule has 0 saturated carbocycles. The van der Waals surface area contributed by atoms with E-state index in [0.29, 0.717) is 5.82 Å². The molecule has 1 unspecified atom stereocenters. The van der Waals surface area contributed by atoms with Crippen molar-refractivity contribution >= 4 is 11.7 Å². The number of rotatable bonds is 6. The fourth-order valence-electron chi connectivity index (χ4n) is 1.84. The molecule has 0 aliphatic carbocycles. The zero-order chi connectivity index (χ0) is 15.2. The van der Waals surface area contributed by atoms with Gasteiger partial charge in [0.05, 0.1) is 12.2 Å². The summed E-state index contributed by atoms with van der Waals surface area (Å²) in [6, 6.07) is 8.47. The quantitative estimate of drug-likeness (QED) is 0.857. The highest BCUT2D eigenvalue weighted by Gasteiger charge is 2.12. The number of phenols is 1. The van der Waals surface area contributed by atoms with Gasteiger partial charge in [-0.15, -0.1) is 0 Å². The van der Waals surface area contributed by atoms with Crippen molar-refractivity contribution in [2.75, 3.05) is 11.9 Å². The number of amides is 1. The standard InChI is InChI=1S/C15H19N3O3/c1-3-11(2)18-14(8-9-16-18)17-15(20)10-21-13-7-5-4-6-12(13)19/h4-9,11,19H,3,10H2,1-2H3,(H,17,20). The predicted molar refractivity (Wildman–Crippen MR) is 79.5 cm³/mol. The zero-order valence-corrected chi connectivity index (χ0v) is 12.1. The molecule has 21 heavy (non-hydrogen) atoms. The normalized spacial score (nSPS) is 11.9. The van der Waals surface area contributed by atoms with Gasteiger partial charge in [0.1, 0.15) is 5.82 Å². The zero-order valence-electron chi connectivity index (χ0n) is 12.1. The molecule has 1 heterocycles. The summed E-state index contributed by atoms with van der Waals surface area (Å²) in [5, 5.41) is 16.5. The van der Waals surface area contributed by atoms with Crippen LogP contribution in [0, 0.1) is 0 Å². The molecule has 2 rings (SSSR count). The molecule has 2 N–H and O–H groups in total. The van der Waals surface area contributed by atoms with Crippen LogP contribution >= 0.6 is 0 Å². The van der Waals surface area contributed by atoms with E-state index >= 15 is 0 Å². The van der Waals surface area contributed by atoms with Crippen LogP contribution in [0.4, 0.5) is 5.82 Å². The van der Waals surface area contributed by atoms with Gasteiger partial charge in [-0.05, 0) is 25.5 Å². The minimum absolute atomic E-state index is 0.00921. The summed E-state index contributed by atoms with van der Waals surface area (Å²) in [6.07, 6.45) is 2.56. The van der Waals surface area contributed by atoms with E-state index in [-0.39, 0.29) is 30.1 Å². The van der Waals surface area contributed by atoms with Crippen LogP contribution in [0.5, 0.6) is 11.5 Å². The monoisotopic (exact) mass is 289 g/mol. The second-order valence-electron chi connectivity index (χ2n) is 4.72. The van der Waals surface area contributed by atoms with Crippen molar-refractivity contribution < 1.29 is 14.6 Å².